The Morgan fingerprint density at radius 2 is 2.11 bits per heavy atom. The van der Waals surface area contributed by atoms with E-state index in [0.717, 1.165) is 28.0 Å². The molecule has 1 saturated heterocycles. The Kier molecular flexibility index (Phi) is 7.92. The van der Waals surface area contributed by atoms with E-state index in [9.17, 15) is 0 Å². The molecule has 1 aliphatic heterocycles. The second-order valence-electron chi connectivity index (χ2n) is 5.05. The molecule has 1 atom stereocenters. The largest absolute Gasteiger partial charge is 0.319 e. The Labute approximate surface area is 139 Å². The number of rotatable bonds is 4. The number of halogens is 3. The van der Waals surface area contributed by atoms with Gasteiger partial charge in [0.2, 0.25) is 0 Å². The van der Waals surface area contributed by atoms with E-state index in [1.54, 1.807) is 0 Å². The van der Waals surface area contributed by atoms with Crippen molar-refractivity contribution < 1.29 is 0 Å². The summed E-state index contributed by atoms with van der Waals surface area (Å²) < 4.78 is 2.27. The molecular weight excluding hydrogens is 391 g/mol. The summed E-state index contributed by atoms with van der Waals surface area (Å²) in [5.41, 5.74) is 1.38. The quantitative estimate of drug-likeness (QED) is 0.802. The van der Waals surface area contributed by atoms with Gasteiger partial charge in [-0.05, 0) is 88.5 Å². The molecule has 0 aliphatic carbocycles. The molecule has 108 valence electrons. The maximum atomic E-state index is 3.57. The van der Waals surface area contributed by atoms with Crippen LogP contribution in [0.4, 0.5) is 0 Å². The maximum absolute atomic E-state index is 3.57. The third-order valence-electron chi connectivity index (χ3n) is 3.49. The maximum Gasteiger partial charge on any atom is 0.0320 e. The van der Waals surface area contributed by atoms with E-state index in [-0.39, 0.29) is 12.4 Å². The number of nitrogens with zero attached hydrogens (tertiary/aromatic N) is 1. The molecule has 0 saturated carbocycles. The number of benzene rings is 1. The first-order valence-corrected chi connectivity index (χ1v) is 8.08. The lowest BCUT2D eigenvalue weighted by Crippen LogP contribution is -2.38. The fourth-order valence-corrected chi connectivity index (χ4v) is 3.32. The van der Waals surface area contributed by atoms with Gasteiger partial charge in [0.25, 0.3) is 0 Å². The highest BCUT2D eigenvalue weighted by Gasteiger charge is 2.19. The number of likely N-dealkylation sites (tertiary alicyclic amines) is 1. The highest BCUT2D eigenvalue weighted by atomic mass is 79.9. The lowest BCUT2D eigenvalue weighted by atomic mass is 9.97. The molecule has 0 bridgehead atoms. The van der Waals surface area contributed by atoms with Gasteiger partial charge in [-0.2, -0.15) is 0 Å². The van der Waals surface area contributed by atoms with Gasteiger partial charge in [0.15, 0.2) is 0 Å². The highest BCUT2D eigenvalue weighted by molar-refractivity contribution is 9.13. The topological polar surface area (TPSA) is 15.3 Å². The van der Waals surface area contributed by atoms with Crippen molar-refractivity contribution in [3.8, 4) is 0 Å². The average Bonchev–Trinajstić information content (AvgIpc) is 2.35. The minimum Gasteiger partial charge on any atom is -0.319 e. The molecule has 1 N–H and O–H groups in total. The molecule has 2 nitrogen and oxygen atoms in total. The summed E-state index contributed by atoms with van der Waals surface area (Å²) in [5.74, 6) is 0.808. The molecule has 5 heteroatoms. The Bertz CT molecular complexity index is 399. The molecular formula is C14H21Br2ClN2. The van der Waals surface area contributed by atoms with Crippen LogP contribution in [-0.4, -0.2) is 31.6 Å². The van der Waals surface area contributed by atoms with Crippen molar-refractivity contribution in [1.82, 2.24) is 10.2 Å². The second-order valence-corrected chi connectivity index (χ2v) is 6.76. The molecule has 2 rings (SSSR count). The number of piperidine rings is 1. The summed E-state index contributed by atoms with van der Waals surface area (Å²) in [6, 6.07) is 6.54. The molecule has 19 heavy (non-hydrogen) atoms. The lowest BCUT2D eigenvalue weighted by molar-refractivity contribution is 0.167. The number of nitrogens with one attached hydrogen (secondary N) is 1. The van der Waals surface area contributed by atoms with Crippen LogP contribution in [0.25, 0.3) is 0 Å². The fourth-order valence-electron chi connectivity index (χ4n) is 2.65. The normalized spacial score (nSPS) is 20.1. The average molecular weight is 413 g/mol. The minimum absolute atomic E-state index is 0. The molecule has 0 amide bonds. The summed E-state index contributed by atoms with van der Waals surface area (Å²) in [6.07, 6.45) is 2.69. The van der Waals surface area contributed by atoms with Crippen LogP contribution in [0.15, 0.2) is 27.1 Å². The zero-order valence-electron chi connectivity index (χ0n) is 11.2. The molecule has 1 aromatic carbocycles. The van der Waals surface area contributed by atoms with Crippen LogP contribution in [0.3, 0.4) is 0 Å². The van der Waals surface area contributed by atoms with Crippen molar-refractivity contribution in [2.24, 2.45) is 5.92 Å². The van der Waals surface area contributed by atoms with Gasteiger partial charge in [-0.15, -0.1) is 12.4 Å². The first-order chi connectivity index (χ1) is 8.69. The Morgan fingerprint density at radius 1 is 1.32 bits per heavy atom. The molecule has 1 heterocycles. The third kappa shape index (κ3) is 5.35. The van der Waals surface area contributed by atoms with Gasteiger partial charge in [-0.1, -0.05) is 6.07 Å². The van der Waals surface area contributed by atoms with E-state index >= 15 is 0 Å². The lowest BCUT2D eigenvalue weighted by Gasteiger charge is -2.32. The van der Waals surface area contributed by atoms with Crippen LogP contribution in [0.2, 0.25) is 0 Å². The van der Waals surface area contributed by atoms with E-state index in [0.29, 0.717) is 0 Å². The second kappa shape index (κ2) is 8.63. The molecule has 1 aromatic rings. The van der Waals surface area contributed by atoms with Crippen LogP contribution in [0, 0.1) is 5.92 Å². The Morgan fingerprint density at radius 3 is 2.79 bits per heavy atom. The third-order valence-corrected chi connectivity index (χ3v) is 5.37. The summed E-state index contributed by atoms with van der Waals surface area (Å²) in [5, 5.41) is 3.30. The molecule has 0 radical (unpaired) electrons. The Hall–Kier alpha value is 0.390. The van der Waals surface area contributed by atoms with Crippen molar-refractivity contribution >= 4 is 44.3 Å². The first-order valence-electron chi connectivity index (χ1n) is 6.50. The van der Waals surface area contributed by atoms with Gasteiger partial charge < -0.3 is 5.32 Å². The van der Waals surface area contributed by atoms with Gasteiger partial charge in [0, 0.05) is 22.0 Å². The summed E-state index contributed by atoms with van der Waals surface area (Å²) >= 11 is 7.09. The van der Waals surface area contributed by atoms with E-state index in [4.69, 9.17) is 0 Å². The van der Waals surface area contributed by atoms with Crippen LogP contribution in [-0.2, 0) is 6.54 Å². The summed E-state index contributed by atoms with van der Waals surface area (Å²) in [4.78, 5) is 2.57. The van der Waals surface area contributed by atoms with Crippen LogP contribution < -0.4 is 5.32 Å². The summed E-state index contributed by atoms with van der Waals surface area (Å²) in [6.45, 7) is 4.65. The van der Waals surface area contributed by atoms with E-state index < -0.39 is 0 Å². The van der Waals surface area contributed by atoms with Crippen molar-refractivity contribution in [3.63, 3.8) is 0 Å². The molecule has 0 spiro atoms. The number of hydrogen-bond donors (Lipinski definition) is 1. The van der Waals surface area contributed by atoms with E-state index in [1.807, 2.05) is 7.05 Å². The minimum atomic E-state index is 0. The van der Waals surface area contributed by atoms with Crippen molar-refractivity contribution in [3.05, 3.63) is 32.7 Å². The highest BCUT2D eigenvalue weighted by Crippen LogP contribution is 2.25. The first kappa shape index (κ1) is 17.4. The standard InChI is InChI=1S/C14H20Br2N2.ClH/c1-17-8-12-3-2-6-18(10-12)9-11-4-5-13(15)14(16)7-11;/h4-5,7,12,17H,2-3,6,8-10H2,1H3;1H. The smallest absolute Gasteiger partial charge is 0.0320 e. The van der Waals surface area contributed by atoms with Crippen molar-refractivity contribution in [2.75, 3.05) is 26.7 Å². The van der Waals surface area contributed by atoms with Gasteiger partial charge in [-0.3, -0.25) is 4.90 Å². The van der Waals surface area contributed by atoms with Gasteiger partial charge in [0.05, 0.1) is 0 Å². The molecule has 1 aliphatic rings. The predicted molar refractivity (Wildman–Crippen MR) is 91.0 cm³/mol. The molecule has 1 unspecified atom stereocenters. The van der Waals surface area contributed by atoms with Gasteiger partial charge in [-0.25, -0.2) is 0 Å². The van der Waals surface area contributed by atoms with E-state index in [2.05, 4.69) is 60.3 Å². The van der Waals surface area contributed by atoms with Crippen LogP contribution in [0.5, 0.6) is 0 Å². The van der Waals surface area contributed by atoms with E-state index in [1.165, 1.54) is 31.5 Å². The van der Waals surface area contributed by atoms with Crippen LogP contribution >= 0.6 is 44.3 Å². The summed E-state index contributed by atoms with van der Waals surface area (Å²) in [7, 11) is 2.05. The van der Waals surface area contributed by atoms with Gasteiger partial charge in [0.1, 0.15) is 0 Å². The van der Waals surface area contributed by atoms with Crippen molar-refractivity contribution in [2.45, 2.75) is 19.4 Å². The Balaban J connectivity index is 0.00000180. The predicted octanol–water partition coefficient (Wildman–Crippen LogP) is 4.06. The molecule has 1 fully saturated rings. The monoisotopic (exact) mass is 410 g/mol. The number of hydrogen-bond acceptors (Lipinski definition) is 2. The van der Waals surface area contributed by atoms with Gasteiger partial charge >= 0.3 is 0 Å². The molecule has 0 aromatic heterocycles. The van der Waals surface area contributed by atoms with Crippen molar-refractivity contribution in [1.29, 1.82) is 0 Å². The fraction of sp³-hybridized carbons (Fsp3) is 0.571. The zero-order chi connectivity index (χ0) is 13.0. The SMILES string of the molecule is CNCC1CCCN(Cc2ccc(Br)c(Br)c2)C1.Cl. The zero-order valence-corrected chi connectivity index (χ0v) is 15.2. The van der Waals surface area contributed by atoms with Crippen LogP contribution in [0.1, 0.15) is 18.4 Å².